The Bertz CT molecular complexity index is 268. The molecule has 18 heavy (non-hydrogen) atoms. The lowest BCUT2D eigenvalue weighted by Gasteiger charge is -2.23. The molecule has 0 saturated heterocycles. The second kappa shape index (κ2) is 8.30. The molecule has 1 saturated carbocycles. The quantitative estimate of drug-likeness (QED) is 0.449. The smallest absolute Gasteiger partial charge is 0.334 e. The molecule has 3 heteroatoms. The maximum absolute atomic E-state index is 11.4. The van der Waals surface area contributed by atoms with Crippen molar-refractivity contribution in [1.29, 1.82) is 0 Å². The minimum absolute atomic E-state index is 0.280. The molecule has 0 heterocycles. The minimum Gasteiger partial charge on any atom is -0.463 e. The molecule has 0 bridgehead atoms. The Morgan fingerprint density at radius 3 is 2.50 bits per heavy atom. The van der Waals surface area contributed by atoms with Crippen LogP contribution in [0.25, 0.3) is 0 Å². The van der Waals surface area contributed by atoms with E-state index in [1.165, 1.54) is 38.5 Å². The zero-order valence-corrected chi connectivity index (χ0v) is 11.8. The summed E-state index contributed by atoms with van der Waals surface area (Å²) in [5.41, 5.74) is 0.525. The summed E-state index contributed by atoms with van der Waals surface area (Å²) in [6, 6.07) is 0.453. The summed E-state index contributed by atoms with van der Waals surface area (Å²) in [4.78, 5) is 11.4. The number of rotatable bonds is 6. The third-order valence-electron chi connectivity index (χ3n) is 3.81. The van der Waals surface area contributed by atoms with Crippen LogP contribution >= 0.6 is 0 Å². The van der Waals surface area contributed by atoms with Gasteiger partial charge in [-0.1, -0.05) is 32.3 Å². The van der Waals surface area contributed by atoms with Gasteiger partial charge in [-0.3, -0.25) is 0 Å². The number of carbonyl (C=O) groups is 1. The molecule has 1 N–H and O–H groups in total. The minimum atomic E-state index is -0.280. The standard InChI is InChI=1S/C15H27NO2/c1-4-18-15(17)12(2)11-16-13(3)14-9-7-5-6-8-10-14/h13-14,16H,2,4-11H2,1,3H3/t13-/m0/s1. The number of carbonyl (C=O) groups excluding carboxylic acids is 1. The summed E-state index contributed by atoms with van der Waals surface area (Å²) >= 11 is 0. The fraction of sp³-hybridized carbons (Fsp3) is 0.800. The lowest BCUT2D eigenvalue weighted by molar-refractivity contribution is -0.138. The normalized spacial score (nSPS) is 19.0. The van der Waals surface area contributed by atoms with E-state index in [0.717, 1.165) is 5.92 Å². The van der Waals surface area contributed by atoms with Crippen molar-refractivity contribution in [2.45, 2.75) is 58.4 Å². The van der Waals surface area contributed by atoms with Gasteiger partial charge in [0.2, 0.25) is 0 Å². The lowest BCUT2D eigenvalue weighted by Crippen LogP contribution is -2.35. The van der Waals surface area contributed by atoms with Crippen LogP contribution in [-0.4, -0.2) is 25.2 Å². The highest BCUT2D eigenvalue weighted by molar-refractivity contribution is 5.88. The Kier molecular flexibility index (Phi) is 7.02. The summed E-state index contributed by atoms with van der Waals surface area (Å²) in [6.45, 7) is 8.75. The van der Waals surface area contributed by atoms with Crippen molar-refractivity contribution in [2.75, 3.05) is 13.2 Å². The molecule has 1 aliphatic rings. The van der Waals surface area contributed by atoms with Gasteiger partial charge < -0.3 is 10.1 Å². The van der Waals surface area contributed by atoms with E-state index in [1.807, 2.05) is 6.92 Å². The van der Waals surface area contributed by atoms with Crippen molar-refractivity contribution in [2.24, 2.45) is 5.92 Å². The average Bonchev–Trinajstić information content (AvgIpc) is 2.64. The van der Waals surface area contributed by atoms with Crippen LogP contribution in [-0.2, 0) is 9.53 Å². The molecule has 0 amide bonds. The van der Waals surface area contributed by atoms with Crippen LogP contribution < -0.4 is 5.32 Å². The summed E-state index contributed by atoms with van der Waals surface area (Å²) in [5, 5.41) is 3.42. The van der Waals surface area contributed by atoms with Crippen molar-refractivity contribution in [3.63, 3.8) is 0 Å². The van der Waals surface area contributed by atoms with Gasteiger partial charge in [0.05, 0.1) is 6.61 Å². The van der Waals surface area contributed by atoms with Crippen molar-refractivity contribution >= 4 is 5.97 Å². The fourth-order valence-corrected chi connectivity index (χ4v) is 2.57. The van der Waals surface area contributed by atoms with E-state index in [-0.39, 0.29) is 5.97 Å². The molecule has 0 radical (unpaired) electrons. The maximum atomic E-state index is 11.4. The molecular formula is C15H27NO2. The highest BCUT2D eigenvalue weighted by atomic mass is 16.5. The number of ether oxygens (including phenoxy) is 1. The Balaban J connectivity index is 2.28. The van der Waals surface area contributed by atoms with Gasteiger partial charge in [-0.05, 0) is 32.6 Å². The van der Waals surface area contributed by atoms with Gasteiger partial charge >= 0.3 is 5.97 Å². The van der Waals surface area contributed by atoms with E-state index in [9.17, 15) is 4.79 Å². The van der Waals surface area contributed by atoms with E-state index in [4.69, 9.17) is 4.74 Å². The van der Waals surface area contributed by atoms with Crippen LogP contribution in [0.3, 0.4) is 0 Å². The van der Waals surface area contributed by atoms with Gasteiger partial charge in [0.25, 0.3) is 0 Å². The number of esters is 1. The van der Waals surface area contributed by atoms with E-state index in [0.29, 0.717) is 24.8 Å². The number of nitrogens with one attached hydrogen (secondary N) is 1. The molecule has 1 aliphatic carbocycles. The molecule has 0 spiro atoms. The molecule has 1 atom stereocenters. The molecule has 3 nitrogen and oxygen atoms in total. The van der Waals surface area contributed by atoms with Gasteiger partial charge in [0.1, 0.15) is 0 Å². The molecule has 1 rings (SSSR count). The highest BCUT2D eigenvalue weighted by Gasteiger charge is 2.19. The van der Waals surface area contributed by atoms with Crippen molar-refractivity contribution < 1.29 is 9.53 Å². The van der Waals surface area contributed by atoms with Gasteiger partial charge in [0, 0.05) is 18.2 Å². The van der Waals surface area contributed by atoms with E-state index in [1.54, 1.807) is 0 Å². The molecule has 0 aliphatic heterocycles. The second-order valence-corrected chi connectivity index (χ2v) is 5.25. The van der Waals surface area contributed by atoms with Crippen molar-refractivity contribution in [3.8, 4) is 0 Å². The Labute approximate surface area is 111 Å². The average molecular weight is 253 g/mol. The van der Waals surface area contributed by atoms with Gasteiger partial charge in [-0.25, -0.2) is 4.79 Å². The zero-order chi connectivity index (χ0) is 13.4. The Morgan fingerprint density at radius 1 is 1.33 bits per heavy atom. The third-order valence-corrected chi connectivity index (χ3v) is 3.81. The first kappa shape index (κ1) is 15.2. The van der Waals surface area contributed by atoms with Crippen LogP contribution in [0, 0.1) is 5.92 Å². The second-order valence-electron chi connectivity index (χ2n) is 5.25. The van der Waals surface area contributed by atoms with Crippen molar-refractivity contribution in [1.82, 2.24) is 5.32 Å². The molecule has 0 aromatic carbocycles. The summed E-state index contributed by atoms with van der Waals surface area (Å²) < 4.78 is 4.92. The predicted octanol–water partition coefficient (Wildman–Crippen LogP) is 3.05. The lowest BCUT2D eigenvalue weighted by atomic mass is 9.93. The first-order chi connectivity index (χ1) is 8.65. The van der Waals surface area contributed by atoms with Crippen LogP contribution in [0.4, 0.5) is 0 Å². The first-order valence-corrected chi connectivity index (χ1v) is 7.23. The SMILES string of the molecule is C=C(CN[C@@H](C)C1CCCCCC1)C(=O)OCC. The van der Waals surface area contributed by atoms with Gasteiger partial charge in [0.15, 0.2) is 0 Å². The van der Waals surface area contributed by atoms with Gasteiger partial charge in [-0.15, -0.1) is 0 Å². The summed E-state index contributed by atoms with van der Waals surface area (Å²) in [5.74, 6) is 0.459. The largest absolute Gasteiger partial charge is 0.463 e. The maximum Gasteiger partial charge on any atom is 0.334 e. The Hall–Kier alpha value is -0.830. The molecule has 104 valence electrons. The Morgan fingerprint density at radius 2 is 1.94 bits per heavy atom. The van der Waals surface area contributed by atoms with E-state index in [2.05, 4.69) is 18.8 Å². The fourth-order valence-electron chi connectivity index (χ4n) is 2.57. The summed E-state index contributed by atoms with van der Waals surface area (Å²) in [6.07, 6.45) is 8.04. The van der Waals surface area contributed by atoms with Gasteiger partial charge in [-0.2, -0.15) is 0 Å². The zero-order valence-electron chi connectivity index (χ0n) is 11.8. The van der Waals surface area contributed by atoms with E-state index < -0.39 is 0 Å². The van der Waals surface area contributed by atoms with Crippen molar-refractivity contribution in [3.05, 3.63) is 12.2 Å². The van der Waals surface area contributed by atoms with Crippen LogP contribution in [0.1, 0.15) is 52.4 Å². The van der Waals surface area contributed by atoms with E-state index >= 15 is 0 Å². The highest BCUT2D eigenvalue weighted by Crippen LogP contribution is 2.25. The number of hydrogen-bond acceptors (Lipinski definition) is 3. The number of hydrogen-bond donors (Lipinski definition) is 1. The molecular weight excluding hydrogens is 226 g/mol. The van der Waals surface area contributed by atoms with Crippen LogP contribution in [0.2, 0.25) is 0 Å². The predicted molar refractivity (Wildman–Crippen MR) is 74.4 cm³/mol. The molecule has 0 aromatic heterocycles. The van der Waals surface area contributed by atoms with Crippen LogP contribution in [0.5, 0.6) is 0 Å². The molecule has 0 unspecified atom stereocenters. The first-order valence-electron chi connectivity index (χ1n) is 7.23. The molecule has 1 fully saturated rings. The molecule has 0 aromatic rings. The summed E-state index contributed by atoms with van der Waals surface area (Å²) in [7, 11) is 0. The monoisotopic (exact) mass is 253 g/mol. The van der Waals surface area contributed by atoms with Crippen LogP contribution in [0.15, 0.2) is 12.2 Å². The topological polar surface area (TPSA) is 38.3 Å². The third kappa shape index (κ3) is 5.21.